The number of para-hydroxylation sites is 1. The predicted octanol–water partition coefficient (Wildman–Crippen LogP) is 4.43. The van der Waals surface area contributed by atoms with E-state index in [1.165, 1.54) is 49.4 Å². The molecular weight excluding hydrogens is 366 g/mol. The molecule has 1 N–H and O–H groups in total. The summed E-state index contributed by atoms with van der Waals surface area (Å²) in [4.78, 5) is 23.7. The molecule has 8 heteroatoms. The van der Waals surface area contributed by atoms with Gasteiger partial charge in [-0.2, -0.15) is 13.2 Å². The lowest BCUT2D eigenvalue weighted by Gasteiger charge is -2.12. The van der Waals surface area contributed by atoms with Crippen LogP contribution >= 0.6 is 0 Å². The molecule has 0 aromatic heterocycles. The lowest BCUT2D eigenvalue weighted by atomic mass is 10.1. The van der Waals surface area contributed by atoms with Gasteiger partial charge in [0, 0.05) is 6.08 Å². The molecule has 0 aliphatic carbocycles. The summed E-state index contributed by atoms with van der Waals surface area (Å²) >= 11 is 0. The van der Waals surface area contributed by atoms with Crippen LogP contribution in [0, 0.1) is 5.82 Å². The number of alkyl halides is 3. The first-order valence-electron chi connectivity index (χ1n) is 7.78. The molecule has 0 fully saturated rings. The predicted molar refractivity (Wildman–Crippen MR) is 91.1 cm³/mol. The summed E-state index contributed by atoms with van der Waals surface area (Å²) < 4.78 is 55.8. The number of halogens is 4. The summed E-state index contributed by atoms with van der Waals surface area (Å²) in [6.45, 7) is 1.31. The van der Waals surface area contributed by atoms with Gasteiger partial charge in [-0.25, -0.2) is 9.18 Å². The zero-order valence-electron chi connectivity index (χ0n) is 14.1. The van der Waals surface area contributed by atoms with E-state index >= 15 is 0 Å². The monoisotopic (exact) mass is 381 g/mol. The zero-order chi connectivity index (χ0) is 20.0. The number of carbonyl (C=O) groups is 2. The maximum atomic E-state index is 13.5. The van der Waals surface area contributed by atoms with Crippen LogP contribution in [-0.2, 0) is 20.5 Å². The van der Waals surface area contributed by atoms with E-state index in [2.05, 4.69) is 5.32 Å². The van der Waals surface area contributed by atoms with Crippen molar-refractivity contribution in [2.75, 3.05) is 5.32 Å². The summed E-state index contributed by atoms with van der Waals surface area (Å²) in [6, 6.07) is 9.67. The first-order chi connectivity index (χ1) is 12.7. The second kappa shape index (κ2) is 8.48. The van der Waals surface area contributed by atoms with Gasteiger partial charge in [0.05, 0.1) is 11.3 Å². The minimum atomic E-state index is -4.44. The Labute approximate surface area is 152 Å². The molecule has 2 aromatic carbocycles. The van der Waals surface area contributed by atoms with Gasteiger partial charge in [0.2, 0.25) is 0 Å². The molecular formula is C19H15F4NO3. The van der Waals surface area contributed by atoms with E-state index in [4.69, 9.17) is 4.74 Å². The number of carbonyl (C=O) groups excluding carboxylic acids is 2. The fourth-order valence-corrected chi connectivity index (χ4v) is 2.01. The SMILES string of the molecule is C[C@@H](OC(=O)/C=C/c1ccc(C(F)(F)F)cc1)C(=O)Nc1ccccc1F. The second-order valence-corrected chi connectivity index (χ2v) is 5.50. The highest BCUT2D eigenvalue weighted by atomic mass is 19.4. The third-order valence-corrected chi connectivity index (χ3v) is 3.44. The molecule has 0 aliphatic rings. The summed E-state index contributed by atoms with van der Waals surface area (Å²) in [7, 11) is 0. The topological polar surface area (TPSA) is 55.4 Å². The van der Waals surface area contributed by atoms with Crippen molar-refractivity contribution in [3.63, 3.8) is 0 Å². The Balaban J connectivity index is 1.91. The minimum Gasteiger partial charge on any atom is -0.449 e. The van der Waals surface area contributed by atoms with Gasteiger partial charge in [-0.15, -0.1) is 0 Å². The van der Waals surface area contributed by atoms with Crippen molar-refractivity contribution in [3.05, 3.63) is 71.6 Å². The maximum absolute atomic E-state index is 13.5. The average Bonchev–Trinajstić information content (AvgIpc) is 2.61. The molecule has 27 heavy (non-hydrogen) atoms. The number of ether oxygens (including phenoxy) is 1. The van der Waals surface area contributed by atoms with Gasteiger partial charge in [-0.1, -0.05) is 24.3 Å². The van der Waals surface area contributed by atoms with E-state index in [0.29, 0.717) is 5.56 Å². The number of anilines is 1. The first-order valence-corrected chi connectivity index (χ1v) is 7.78. The summed E-state index contributed by atoms with van der Waals surface area (Å²) in [6.07, 6.45) is -3.41. The van der Waals surface area contributed by atoms with Gasteiger partial charge < -0.3 is 10.1 Å². The van der Waals surface area contributed by atoms with E-state index in [1.54, 1.807) is 0 Å². The van der Waals surface area contributed by atoms with Crippen LogP contribution in [0.3, 0.4) is 0 Å². The average molecular weight is 381 g/mol. The Kier molecular flexibility index (Phi) is 6.33. The first kappa shape index (κ1) is 20.2. The van der Waals surface area contributed by atoms with E-state index in [0.717, 1.165) is 18.2 Å². The largest absolute Gasteiger partial charge is 0.449 e. The molecule has 0 aliphatic heterocycles. The highest BCUT2D eigenvalue weighted by molar-refractivity contribution is 5.96. The third-order valence-electron chi connectivity index (χ3n) is 3.44. The van der Waals surface area contributed by atoms with Gasteiger partial charge in [0.1, 0.15) is 5.82 Å². The fraction of sp³-hybridized carbons (Fsp3) is 0.158. The van der Waals surface area contributed by atoms with E-state index in [1.807, 2.05) is 0 Å². The summed E-state index contributed by atoms with van der Waals surface area (Å²) in [5, 5.41) is 2.29. The lowest BCUT2D eigenvalue weighted by molar-refractivity contribution is -0.148. The van der Waals surface area contributed by atoms with Gasteiger partial charge >= 0.3 is 12.1 Å². The molecule has 0 saturated carbocycles. The molecule has 4 nitrogen and oxygen atoms in total. The number of nitrogens with one attached hydrogen (secondary N) is 1. The fourth-order valence-electron chi connectivity index (χ4n) is 2.01. The molecule has 0 unspecified atom stereocenters. The van der Waals surface area contributed by atoms with Crippen molar-refractivity contribution in [3.8, 4) is 0 Å². The number of rotatable bonds is 5. The molecule has 0 spiro atoms. The van der Waals surface area contributed by atoms with Crippen LogP contribution in [0.25, 0.3) is 6.08 Å². The van der Waals surface area contributed by atoms with Gasteiger partial charge in [0.15, 0.2) is 6.10 Å². The molecule has 2 aromatic rings. The Bertz CT molecular complexity index is 845. The molecule has 0 saturated heterocycles. The zero-order valence-corrected chi connectivity index (χ0v) is 14.1. The van der Waals surface area contributed by atoms with E-state index in [-0.39, 0.29) is 5.69 Å². The van der Waals surface area contributed by atoms with Crippen molar-refractivity contribution in [1.82, 2.24) is 0 Å². The van der Waals surface area contributed by atoms with Crippen LogP contribution in [0.15, 0.2) is 54.6 Å². The minimum absolute atomic E-state index is 0.0503. The van der Waals surface area contributed by atoms with Gasteiger partial charge in [-0.3, -0.25) is 4.79 Å². The van der Waals surface area contributed by atoms with Crippen LogP contribution in [-0.4, -0.2) is 18.0 Å². The second-order valence-electron chi connectivity index (χ2n) is 5.50. The summed E-state index contributed by atoms with van der Waals surface area (Å²) in [5.41, 5.74) is -0.505. The number of amides is 1. The van der Waals surface area contributed by atoms with Crippen molar-refractivity contribution in [1.29, 1.82) is 0 Å². The van der Waals surface area contributed by atoms with Crippen LogP contribution in [0.2, 0.25) is 0 Å². The van der Waals surface area contributed by atoms with Gasteiger partial charge in [-0.05, 0) is 42.8 Å². The number of hydrogen-bond donors (Lipinski definition) is 1. The normalized spacial score (nSPS) is 12.6. The van der Waals surface area contributed by atoms with Crippen molar-refractivity contribution in [2.24, 2.45) is 0 Å². The summed E-state index contributed by atoms with van der Waals surface area (Å²) in [5.74, 6) is -2.23. The Morgan fingerprint density at radius 3 is 2.30 bits per heavy atom. The van der Waals surface area contributed by atoms with Crippen molar-refractivity contribution < 1.29 is 31.9 Å². The van der Waals surface area contributed by atoms with E-state index in [9.17, 15) is 27.2 Å². The Morgan fingerprint density at radius 1 is 1.07 bits per heavy atom. The van der Waals surface area contributed by atoms with Gasteiger partial charge in [0.25, 0.3) is 5.91 Å². The molecule has 0 heterocycles. The molecule has 0 radical (unpaired) electrons. The lowest BCUT2D eigenvalue weighted by Crippen LogP contribution is -2.29. The molecule has 1 atom stereocenters. The Morgan fingerprint density at radius 2 is 1.70 bits per heavy atom. The van der Waals surface area contributed by atoms with Crippen LogP contribution < -0.4 is 5.32 Å². The number of hydrogen-bond acceptors (Lipinski definition) is 3. The van der Waals surface area contributed by atoms with Crippen molar-refractivity contribution in [2.45, 2.75) is 19.2 Å². The smallest absolute Gasteiger partial charge is 0.416 e. The number of esters is 1. The molecule has 142 valence electrons. The molecule has 1 amide bonds. The van der Waals surface area contributed by atoms with Crippen LogP contribution in [0.1, 0.15) is 18.1 Å². The highest BCUT2D eigenvalue weighted by Crippen LogP contribution is 2.29. The standard InChI is InChI=1S/C19H15F4NO3/c1-12(18(26)24-16-5-3-2-4-15(16)20)27-17(25)11-8-13-6-9-14(10-7-13)19(21,22)23/h2-12H,1H3,(H,24,26)/b11-8+/t12-/m1/s1. The van der Waals surface area contributed by atoms with Crippen LogP contribution in [0.5, 0.6) is 0 Å². The third kappa shape index (κ3) is 5.95. The van der Waals surface area contributed by atoms with Crippen LogP contribution in [0.4, 0.5) is 23.2 Å². The Hall–Kier alpha value is -3.16. The number of benzene rings is 2. The molecule has 0 bridgehead atoms. The highest BCUT2D eigenvalue weighted by Gasteiger charge is 2.29. The quantitative estimate of drug-likeness (QED) is 0.474. The van der Waals surface area contributed by atoms with Crippen molar-refractivity contribution >= 4 is 23.6 Å². The maximum Gasteiger partial charge on any atom is 0.416 e. The van der Waals surface area contributed by atoms with E-state index < -0.39 is 35.5 Å². The molecule has 2 rings (SSSR count).